The third kappa shape index (κ3) is 1.72. The lowest BCUT2D eigenvalue weighted by Crippen LogP contribution is -2.53. The number of hydrogen-bond donors (Lipinski definition) is 1. The van der Waals surface area contributed by atoms with E-state index in [1.165, 1.54) is 0 Å². The zero-order chi connectivity index (χ0) is 13.8. The molecule has 1 N–H and O–H groups in total. The Morgan fingerprint density at radius 1 is 1.33 bits per heavy atom. The highest BCUT2D eigenvalue weighted by atomic mass is 16.8. The van der Waals surface area contributed by atoms with Gasteiger partial charge in [0.1, 0.15) is 0 Å². The molecule has 0 unspecified atom stereocenters. The van der Waals surface area contributed by atoms with Crippen LogP contribution in [-0.2, 0) is 9.47 Å². The molecule has 0 aromatic heterocycles. The topological polar surface area (TPSA) is 38.7 Å². The summed E-state index contributed by atoms with van der Waals surface area (Å²) in [5, 5.41) is 10.6. The quantitative estimate of drug-likeness (QED) is 0.529. The summed E-state index contributed by atoms with van der Waals surface area (Å²) >= 11 is 0. The first-order valence-electron chi connectivity index (χ1n) is 6.41. The first-order valence-corrected chi connectivity index (χ1v) is 6.41. The van der Waals surface area contributed by atoms with Crippen molar-refractivity contribution >= 4 is 0 Å². The normalized spacial score (nSPS) is 41.5. The second-order valence-corrected chi connectivity index (χ2v) is 6.20. The molecule has 1 heterocycles. The van der Waals surface area contributed by atoms with E-state index in [0.717, 1.165) is 5.57 Å². The molecule has 2 aliphatic rings. The van der Waals surface area contributed by atoms with E-state index < -0.39 is 16.8 Å². The Hall–Kier alpha value is -0.820. The monoisotopic (exact) mass is 250 g/mol. The third-order valence-electron chi connectivity index (χ3n) is 4.32. The van der Waals surface area contributed by atoms with Crippen LogP contribution in [0.4, 0.5) is 0 Å². The van der Waals surface area contributed by atoms with Crippen LogP contribution in [-0.4, -0.2) is 28.7 Å². The summed E-state index contributed by atoms with van der Waals surface area (Å²) in [5.41, 5.74) is -1.01. The number of terminal acetylenes is 1. The summed E-state index contributed by atoms with van der Waals surface area (Å²) in [6.45, 7) is 9.73. The largest absolute Gasteiger partial charge is 0.373 e. The van der Waals surface area contributed by atoms with Crippen molar-refractivity contribution in [3.63, 3.8) is 0 Å². The van der Waals surface area contributed by atoms with Gasteiger partial charge in [0.2, 0.25) is 0 Å². The standard InChI is InChI=1S/C15H22O3/c1-7-15(16)10(2)8-14(9-13(15,5)6)17-11(3)12(4)18-14/h1,8,11-12,16H,9H2,2-6H3/t11-,12-,15+/m0/s1. The second kappa shape index (κ2) is 3.84. The minimum absolute atomic E-state index is 0.0434. The molecule has 0 amide bonds. The molecular weight excluding hydrogens is 228 g/mol. The van der Waals surface area contributed by atoms with Crippen molar-refractivity contribution in [1.29, 1.82) is 0 Å². The van der Waals surface area contributed by atoms with E-state index in [0.29, 0.717) is 6.42 Å². The van der Waals surface area contributed by atoms with Gasteiger partial charge < -0.3 is 14.6 Å². The van der Waals surface area contributed by atoms with Crippen LogP contribution in [0.1, 0.15) is 41.0 Å². The minimum atomic E-state index is -1.24. The summed E-state index contributed by atoms with van der Waals surface area (Å²) in [5.74, 6) is 1.78. The van der Waals surface area contributed by atoms with E-state index in [4.69, 9.17) is 15.9 Å². The molecule has 2 rings (SSSR count). The smallest absolute Gasteiger partial charge is 0.189 e. The van der Waals surface area contributed by atoms with Crippen LogP contribution in [0.2, 0.25) is 0 Å². The third-order valence-corrected chi connectivity index (χ3v) is 4.32. The Labute approximate surface area is 109 Å². The van der Waals surface area contributed by atoms with E-state index in [2.05, 4.69) is 5.92 Å². The van der Waals surface area contributed by atoms with Gasteiger partial charge in [-0.1, -0.05) is 19.8 Å². The Morgan fingerprint density at radius 2 is 1.83 bits per heavy atom. The lowest BCUT2D eigenvalue weighted by atomic mass is 9.64. The van der Waals surface area contributed by atoms with Gasteiger partial charge in [0, 0.05) is 11.8 Å². The average Bonchev–Trinajstić information content (AvgIpc) is 2.49. The van der Waals surface area contributed by atoms with Crippen LogP contribution in [0.15, 0.2) is 11.6 Å². The highest BCUT2D eigenvalue weighted by Crippen LogP contribution is 2.51. The zero-order valence-electron chi connectivity index (χ0n) is 11.8. The summed E-state index contributed by atoms with van der Waals surface area (Å²) in [4.78, 5) is 0. The van der Waals surface area contributed by atoms with Gasteiger partial charge in [0.05, 0.1) is 12.2 Å². The molecule has 0 bridgehead atoms. The first-order chi connectivity index (χ1) is 8.16. The maximum atomic E-state index is 10.6. The predicted octanol–water partition coefficient (Wildman–Crippen LogP) is 2.25. The molecule has 0 aromatic rings. The van der Waals surface area contributed by atoms with Crippen LogP contribution >= 0.6 is 0 Å². The van der Waals surface area contributed by atoms with Crippen molar-refractivity contribution in [3.05, 3.63) is 11.6 Å². The SMILES string of the molecule is C#C[C@@]1(O)C(C)=CC2(CC1(C)C)O[C@@H](C)[C@H](C)O2. The number of aliphatic hydroxyl groups is 1. The van der Waals surface area contributed by atoms with Crippen LogP contribution in [0.5, 0.6) is 0 Å². The van der Waals surface area contributed by atoms with E-state index >= 15 is 0 Å². The fraction of sp³-hybridized carbons (Fsp3) is 0.733. The molecule has 1 aliphatic heterocycles. The lowest BCUT2D eigenvalue weighted by Gasteiger charge is -2.48. The van der Waals surface area contributed by atoms with Crippen molar-refractivity contribution in [2.45, 2.75) is 64.6 Å². The van der Waals surface area contributed by atoms with Crippen LogP contribution in [0, 0.1) is 17.8 Å². The second-order valence-electron chi connectivity index (χ2n) is 6.20. The highest BCUT2D eigenvalue weighted by Gasteiger charge is 2.56. The zero-order valence-corrected chi connectivity index (χ0v) is 11.8. The van der Waals surface area contributed by atoms with Gasteiger partial charge in [-0.05, 0) is 32.4 Å². The van der Waals surface area contributed by atoms with Crippen molar-refractivity contribution in [2.24, 2.45) is 5.41 Å². The molecule has 100 valence electrons. The van der Waals surface area contributed by atoms with Crippen molar-refractivity contribution < 1.29 is 14.6 Å². The molecule has 3 atom stereocenters. The van der Waals surface area contributed by atoms with Crippen LogP contribution < -0.4 is 0 Å². The summed E-state index contributed by atoms with van der Waals surface area (Å²) in [7, 11) is 0. The van der Waals surface area contributed by atoms with E-state index in [1.54, 1.807) is 0 Å². The van der Waals surface area contributed by atoms with Crippen molar-refractivity contribution in [2.75, 3.05) is 0 Å². The molecule has 1 spiro atoms. The number of rotatable bonds is 0. The summed E-state index contributed by atoms with van der Waals surface area (Å²) < 4.78 is 11.9. The maximum Gasteiger partial charge on any atom is 0.189 e. The Balaban J connectivity index is 2.45. The minimum Gasteiger partial charge on any atom is -0.373 e. The maximum absolute atomic E-state index is 10.6. The average molecular weight is 250 g/mol. The van der Waals surface area contributed by atoms with Gasteiger partial charge in [-0.25, -0.2) is 0 Å². The van der Waals surface area contributed by atoms with Gasteiger partial charge in [0.15, 0.2) is 11.4 Å². The molecule has 0 radical (unpaired) electrons. The van der Waals surface area contributed by atoms with Gasteiger partial charge in [-0.15, -0.1) is 6.42 Å². The molecular formula is C15H22O3. The van der Waals surface area contributed by atoms with Crippen molar-refractivity contribution in [3.8, 4) is 12.3 Å². The summed E-state index contributed by atoms with van der Waals surface area (Å²) in [6, 6.07) is 0. The van der Waals surface area contributed by atoms with Crippen LogP contribution in [0.3, 0.4) is 0 Å². The molecule has 1 aliphatic carbocycles. The molecule has 1 fully saturated rings. The fourth-order valence-electron chi connectivity index (χ4n) is 3.07. The Bertz CT molecular complexity index is 420. The first kappa shape index (κ1) is 13.6. The lowest BCUT2D eigenvalue weighted by molar-refractivity contribution is -0.182. The number of hydrogen-bond acceptors (Lipinski definition) is 3. The van der Waals surface area contributed by atoms with E-state index in [-0.39, 0.29) is 12.2 Å². The van der Waals surface area contributed by atoms with Gasteiger partial charge in [0.25, 0.3) is 0 Å². The Kier molecular flexibility index (Phi) is 2.90. The number of ether oxygens (including phenoxy) is 2. The van der Waals surface area contributed by atoms with Gasteiger partial charge >= 0.3 is 0 Å². The van der Waals surface area contributed by atoms with Gasteiger partial charge in [-0.3, -0.25) is 0 Å². The van der Waals surface area contributed by atoms with Crippen molar-refractivity contribution in [1.82, 2.24) is 0 Å². The van der Waals surface area contributed by atoms with Gasteiger partial charge in [-0.2, -0.15) is 0 Å². The van der Waals surface area contributed by atoms with E-state index in [1.807, 2.05) is 40.7 Å². The molecule has 3 nitrogen and oxygen atoms in total. The highest BCUT2D eigenvalue weighted by molar-refractivity contribution is 5.37. The molecule has 18 heavy (non-hydrogen) atoms. The molecule has 0 aromatic carbocycles. The molecule has 1 saturated heterocycles. The van der Waals surface area contributed by atoms with Crippen LogP contribution in [0.25, 0.3) is 0 Å². The summed E-state index contributed by atoms with van der Waals surface area (Å²) in [6.07, 6.45) is 8.00. The van der Waals surface area contributed by atoms with E-state index in [9.17, 15) is 5.11 Å². The molecule has 0 saturated carbocycles. The molecule has 3 heteroatoms. The fourth-order valence-corrected chi connectivity index (χ4v) is 3.07. The Morgan fingerprint density at radius 3 is 2.22 bits per heavy atom. The predicted molar refractivity (Wildman–Crippen MR) is 69.8 cm³/mol.